The zero-order chi connectivity index (χ0) is 15.4. The molecule has 0 aliphatic carbocycles. The molecule has 1 aromatic carbocycles. The molecule has 0 aliphatic heterocycles. The van der Waals surface area contributed by atoms with Gasteiger partial charge in [-0.2, -0.15) is 0 Å². The van der Waals surface area contributed by atoms with E-state index >= 15 is 0 Å². The molecule has 3 N–H and O–H groups in total. The molecular weight excluding hydrogens is 270 g/mol. The second-order valence-corrected chi connectivity index (χ2v) is 5.02. The summed E-state index contributed by atoms with van der Waals surface area (Å²) in [7, 11) is 0. The van der Waals surface area contributed by atoms with Crippen LogP contribution < -0.4 is 5.32 Å². The number of carbonyl (C=O) groups excluding carboxylic acids is 1. The number of nitrogens with zero attached hydrogens (tertiary/aromatic N) is 1. The van der Waals surface area contributed by atoms with Gasteiger partial charge in [-0.3, -0.25) is 4.79 Å². The number of aliphatic carboxylic acids is 1. The van der Waals surface area contributed by atoms with Gasteiger partial charge in [-0.25, -0.2) is 9.78 Å². The molecule has 1 amide bonds. The highest BCUT2D eigenvalue weighted by molar-refractivity contribution is 5.97. The van der Waals surface area contributed by atoms with Gasteiger partial charge in [-0.1, -0.05) is 17.2 Å². The molecular formula is C15H17N3O3. The van der Waals surface area contributed by atoms with Gasteiger partial charge in [0.1, 0.15) is 6.04 Å². The fraction of sp³-hybridized carbons (Fsp3) is 0.267. The summed E-state index contributed by atoms with van der Waals surface area (Å²) in [6.45, 7) is 3.78. The van der Waals surface area contributed by atoms with Crippen molar-refractivity contribution in [2.24, 2.45) is 0 Å². The zero-order valence-corrected chi connectivity index (χ0v) is 11.9. The third kappa shape index (κ3) is 3.92. The van der Waals surface area contributed by atoms with E-state index in [0.717, 1.165) is 11.1 Å². The number of H-pyrrole nitrogens is 1. The summed E-state index contributed by atoms with van der Waals surface area (Å²) in [5, 5.41) is 11.8. The Morgan fingerprint density at radius 1 is 1.29 bits per heavy atom. The number of hydrogen-bond donors (Lipinski definition) is 3. The highest BCUT2D eigenvalue weighted by Gasteiger charge is 2.21. The number of rotatable bonds is 5. The Labute approximate surface area is 122 Å². The first-order valence-corrected chi connectivity index (χ1v) is 6.55. The number of carbonyl (C=O) groups is 2. The monoisotopic (exact) mass is 287 g/mol. The summed E-state index contributed by atoms with van der Waals surface area (Å²) >= 11 is 0. The van der Waals surface area contributed by atoms with Crippen LogP contribution in [0.4, 0.5) is 0 Å². The average molecular weight is 287 g/mol. The number of aryl methyl sites for hydroxylation is 2. The molecule has 2 aromatic rings. The first-order chi connectivity index (χ1) is 9.95. The normalized spacial score (nSPS) is 11.9. The molecule has 0 aliphatic rings. The van der Waals surface area contributed by atoms with Crippen LogP contribution in [0.25, 0.3) is 0 Å². The van der Waals surface area contributed by atoms with Crippen LogP contribution in [0.1, 0.15) is 27.2 Å². The minimum absolute atomic E-state index is 0.159. The molecule has 0 bridgehead atoms. The fourth-order valence-electron chi connectivity index (χ4n) is 2.16. The maximum absolute atomic E-state index is 12.2. The summed E-state index contributed by atoms with van der Waals surface area (Å²) in [5.74, 6) is -1.48. The average Bonchev–Trinajstić information content (AvgIpc) is 2.89. The van der Waals surface area contributed by atoms with E-state index < -0.39 is 17.9 Å². The van der Waals surface area contributed by atoms with E-state index in [1.165, 1.54) is 6.33 Å². The smallest absolute Gasteiger partial charge is 0.326 e. The molecule has 0 radical (unpaired) electrons. The first-order valence-electron chi connectivity index (χ1n) is 6.55. The van der Waals surface area contributed by atoms with Crippen LogP contribution in [-0.2, 0) is 11.2 Å². The number of benzene rings is 1. The van der Waals surface area contributed by atoms with Gasteiger partial charge in [-0.15, -0.1) is 0 Å². The van der Waals surface area contributed by atoms with E-state index in [4.69, 9.17) is 0 Å². The minimum Gasteiger partial charge on any atom is -0.480 e. The van der Waals surface area contributed by atoms with Gasteiger partial charge in [0.25, 0.3) is 5.91 Å². The van der Waals surface area contributed by atoms with E-state index in [1.807, 2.05) is 19.9 Å². The summed E-state index contributed by atoms with van der Waals surface area (Å²) in [5.41, 5.74) is 3.03. The molecule has 6 heteroatoms. The van der Waals surface area contributed by atoms with Gasteiger partial charge in [-0.05, 0) is 26.0 Å². The standard InChI is InChI=1S/C15H17N3O3/c1-9-3-10(2)5-11(4-9)14(19)18-13(15(20)21)6-12-7-16-8-17-12/h3-5,7-8,13H,6H2,1-2H3,(H,16,17)(H,18,19)(H,20,21). The van der Waals surface area contributed by atoms with Crippen molar-refractivity contribution in [1.29, 1.82) is 0 Å². The summed E-state index contributed by atoms with van der Waals surface area (Å²) in [6, 6.07) is 4.42. The van der Waals surface area contributed by atoms with Crippen LogP contribution >= 0.6 is 0 Å². The van der Waals surface area contributed by atoms with Crippen LogP contribution in [0.3, 0.4) is 0 Å². The van der Waals surface area contributed by atoms with Crippen LogP contribution in [0, 0.1) is 13.8 Å². The van der Waals surface area contributed by atoms with Gasteiger partial charge in [0, 0.05) is 23.9 Å². The lowest BCUT2D eigenvalue weighted by molar-refractivity contribution is -0.139. The van der Waals surface area contributed by atoms with Gasteiger partial charge in [0.15, 0.2) is 0 Å². The lowest BCUT2D eigenvalue weighted by Crippen LogP contribution is -2.42. The predicted molar refractivity (Wildman–Crippen MR) is 77.1 cm³/mol. The SMILES string of the molecule is Cc1cc(C)cc(C(=O)NC(Cc2cnc[nH]2)C(=O)O)c1. The summed E-state index contributed by atoms with van der Waals surface area (Å²) in [6.07, 6.45) is 3.17. The van der Waals surface area contributed by atoms with Gasteiger partial charge >= 0.3 is 5.97 Å². The first kappa shape index (κ1) is 14.8. The number of amides is 1. The second kappa shape index (κ2) is 6.21. The predicted octanol–water partition coefficient (Wildman–Crippen LogP) is 1.45. The van der Waals surface area contributed by atoms with Crippen molar-refractivity contribution in [3.8, 4) is 0 Å². The molecule has 0 saturated heterocycles. The number of aromatic nitrogens is 2. The van der Waals surface area contributed by atoms with E-state index in [0.29, 0.717) is 11.3 Å². The largest absolute Gasteiger partial charge is 0.480 e. The van der Waals surface area contributed by atoms with Crippen molar-refractivity contribution in [2.45, 2.75) is 26.3 Å². The topological polar surface area (TPSA) is 95.1 Å². The lowest BCUT2D eigenvalue weighted by atomic mass is 10.1. The Morgan fingerprint density at radius 3 is 2.48 bits per heavy atom. The Morgan fingerprint density at radius 2 is 1.95 bits per heavy atom. The van der Waals surface area contributed by atoms with Crippen molar-refractivity contribution in [3.05, 3.63) is 53.1 Å². The number of hydrogen-bond acceptors (Lipinski definition) is 3. The molecule has 6 nitrogen and oxygen atoms in total. The molecule has 0 fully saturated rings. The van der Waals surface area contributed by atoms with E-state index in [2.05, 4.69) is 15.3 Å². The van der Waals surface area contributed by atoms with Crippen molar-refractivity contribution in [2.75, 3.05) is 0 Å². The lowest BCUT2D eigenvalue weighted by Gasteiger charge is -2.14. The molecule has 1 unspecified atom stereocenters. The summed E-state index contributed by atoms with van der Waals surface area (Å²) in [4.78, 5) is 30.1. The van der Waals surface area contributed by atoms with Crippen molar-refractivity contribution < 1.29 is 14.7 Å². The zero-order valence-electron chi connectivity index (χ0n) is 11.9. The maximum atomic E-state index is 12.2. The Balaban J connectivity index is 2.12. The van der Waals surface area contributed by atoms with Crippen molar-refractivity contribution in [3.63, 3.8) is 0 Å². The quantitative estimate of drug-likeness (QED) is 0.775. The van der Waals surface area contributed by atoms with Crippen molar-refractivity contribution in [1.82, 2.24) is 15.3 Å². The van der Waals surface area contributed by atoms with Gasteiger partial charge in [0.05, 0.1) is 6.33 Å². The highest BCUT2D eigenvalue weighted by atomic mass is 16.4. The Bertz CT molecular complexity index is 630. The third-order valence-electron chi connectivity index (χ3n) is 3.07. The van der Waals surface area contributed by atoms with Gasteiger partial charge < -0.3 is 15.4 Å². The van der Waals surface area contributed by atoms with E-state index in [1.54, 1.807) is 18.3 Å². The number of carboxylic acids is 1. The molecule has 0 saturated carbocycles. The van der Waals surface area contributed by atoms with E-state index in [-0.39, 0.29) is 6.42 Å². The Kier molecular flexibility index (Phi) is 4.37. The molecule has 2 rings (SSSR count). The van der Waals surface area contributed by atoms with Crippen LogP contribution in [0.5, 0.6) is 0 Å². The van der Waals surface area contributed by atoms with Gasteiger partial charge in [0.2, 0.25) is 0 Å². The maximum Gasteiger partial charge on any atom is 0.326 e. The number of nitrogens with one attached hydrogen (secondary N) is 2. The van der Waals surface area contributed by atoms with Crippen LogP contribution in [0.2, 0.25) is 0 Å². The molecule has 0 spiro atoms. The fourth-order valence-corrected chi connectivity index (χ4v) is 2.16. The molecule has 110 valence electrons. The van der Waals surface area contributed by atoms with Crippen molar-refractivity contribution >= 4 is 11.9 Å². The van der Waals surface area contributed by atoms with Crippen LogP contribution in [0.15, 0.2) is 30.7 Å². The highest BCUT2D eigenvalue weighted by Crippen LogP contribution is 2.09. The number of aromatic amines is 1. The number of carboxylic acid groups (broad SMARTS) is 1. The third-order valence-corrected chi connectivity index (χ3v) is 3.07. The molecule has 21 heavy (non-hydrogen) atoms. The Hall–Kier alpha value is -2.63. The molecule has 1 aromatic heterocycles. The summed E-state index contributed by atoms with van der Waals surface area (Å²) < 4.78 is 0. The second-order valence-electron chi connectivity index (χ2n) is 5.02. The van der Waals surface area contributed by atoms with Crippen LogP contribution in [-0.4, -0.2) is 33.0 Å². The molecule has 1 atom stereocenters. The van der Waals surface area contributed by atoms with E-state index in [9.17, 15) is 14.7 Å². The molecule has 1 heterocycles. The minimum atomic E-state index is -1.08. The number of imidazole rings is 1.